The monoisotopic (exact) mass is 661 g/mol. The third kappa shape index (κ3) is 8.33. The third-order valence-electron chi connectivity index (χ3n) is 6.99. The molecule has 4 aromatic carbocycles. The summed E-state index contributed by atoms with van der Waals surface area (Å²) in [6.07, 6.45) is 0.268. The zero-order valence-corrected chi connectivity index (χ0v) is 26.9. The van der Waals surface area contributed by atoms with E-state index in [2.05, 4.69) is 21.2 Å². The molecule has 2 amide bonds. The fraction of sp³-hybridized carbons (Fsp3) is 0.235. The number of amides is 2. The van der Waals surface area contributed by atoms with E-state index in [1.807, 2.05) is 81.4 Å². The number of nitrogens with one attached hydrogen (secondary N) is 1. The first-order valence-electron chi connectivity index (χ1n) is 14.1. The van der Waals surface area contributed by atoms with Crippen LogP contribution in [-0.2, 0) is 32.6 Å². The lowest BCUT2D eigenvalue weighted by atomic mass is 10.0. The lowest BCUT2D eigenvalue weighted by Crippen LogP contribution is -2.53. The number of hydrogen-bond donors (Lipinski definition) is 1. The van der Waals surface area contributed by atoms with Crippen LogP contribution in [0.1, 0.15) is 29.2 Å². The molecule has 0 radical (unpaired) electrons. The van der Waals surface area contributed by atoms with E-state index in [9.17, 15) is 18.0 Å². The SMILES string of the molecule is CCNC(=O)C(Cc1ccccc1)N(Cc1ccc(Br)cc1)C(=O)CN(c1cc(C)cc(C)c1)S(=O)(=O)c1ccccc1. The molecule has 0 aliphatic carbocycles. The maximum atomic E-state index is 14.4. The van der Waals surface area contributed by atoms with Gasteiger partial charge in [-0.05, 0) is 79.4 Å². The first kappa shape index (κ1) is 32.0. The first-order valence-corrected chi connectivity index (χ1v) is 16.3. The van der Waals surface area contributed by atoms with Crippen LogP contribution in [0.15, 0.2) is 112 Å². The van der Waals surface area contributed by atoms with Crippen LogP contribution in [0.3, 0.4) is 0 Å². The summed E-state index contributed by atoms with van der Waals surface area (Å²) in [6.45, 7) is 5.62. The van der Waals surface area contributed by atoms with Gasteiger partial charge in [-0.25, -0.2) is 8.42 Å². The van der Waals surface area contributed by atoms with Gasteiger partial charge >= 0.3 is 0 Å². The maximum Gasteiger partial charge on any atom is 0.264 e. The molecule has 0 aliphatic rings. The molecule has 0 aliphatic heterocycles. The molecule has 9 heteroatoms. The van der Waals surface area contributed by atoms with E-state index in [1.165, 1.54) is 17.0 Å². The van der Waals surface area contributed by atoms with Gasteiger partial charge in [0.25, 0.3) is 10.0 Å². The van der Waals surface area contributed by atoms with Crippen LogP contribution in [0.5, 0.6) is 0 Å². The quantitative estimate of drug-likeness (QED) is 0.201. The minimum atomic E-state index is -4.13. The molecule has 0 saturated carbocycles. The smallest absolute Gasteiger partial charge is 0.264 e. The Balaban J connectivity index is 1.81. The van der Waals surface area contributed by atoms with Crippen molar-refractivity contribution in [2.45, 2.75) is 44.7 Å². The van der Waals surface area contributed by atoms with Crippen LogP contribution in [0.25, 0.3) is 0 Å². The van der Waals surface area contributed by atoms with Gasteiger partial charge in [0, 0.05) is 24.0 Å². The van der Waals surface area contributed by atoms with E-state index in [4.69, 9.17) is 0 Å². The Bertz CT molecular complexity index is 1630. The third-order valence-corrected chi connectivity index (χ3v) is 9.31. The zero-order valence-electron chi connectivity index (χ0n) is 24.5. The van der Waals surface area contributed by atoms with Gasteiger partial charge < -0.3 is 10.2 Å². The van der Waals surface area contributed by atoms with Crippen LogP contribution >= 0.6 is 15.9 Å². The number of sulfonamides is 1. The van der Waals surface area contributed by atoms with Gasteiger partial charge in [0.2, 0.25) is 11.8 Å². The highest BCUT2D eigenvalue weighted by Crippen LogP contribution is 2.27. The van der Waals surface area contributed by atoms with Crippen LogP contribution in [0, 0.1) is 13.8 Å². The normalized spacial score (nSPS) is 11.9. The molecule has 224 valence electrons. The molecule has 0 saturated heterocycles. The van der Waals surface area contributed by atoms with Gasteiger partial charge in [-0.3, -0.25) is 13.9 Å². The van der Waals surface area contributed by atoms with Gasteiger partial charge in [0.05, 0.1) is 10.6 Å². The number of carbonyl (C=O) groups excluding carboxylic acids is 2. The van der Waals surface area contributed by atoms with E-state index < -0.39 is 28.5 Å². The molecular formula is C34H36BrN3O4S. The predicted octanol–water partition coefficient (Wildman–Crippen LogP) is 6.04. The molecule has 0 spiro atoms. The fourth-order valence-corrected chi connectivity index (χ4v) is 6.66. The second-order valence-corrected chi connectivity index (χ2v) is 13.2. The van der Waals surface area contributed by atoms with Gasteiger partial charge in [-0.2, -0.15) is 0 Å². The van der Waals surface area contributed by atoms with Crippen molar-refractivity contribution in [1.29, 1.82) is 0 Å². The molecule has 0 fully saturated rings. The molecule has 0 bridgehead atoms. The van der Waals surface area contributed by atoms with Crippen molar-refractivity contribution in [1.82, 2.24) is 10.2 Å². The fourth-order valence-electron chi connectivity index (χ4n) is 4.98. The summed E-state index contributed by atoms with van der Waals surface area (Å²) in [5, 5.41) is 2.88. The Morgan fingerprint density at radius 1 is 0.814 bits per heavy atom. The standard InChI is InChI=1S/C34H36BrN3O4S/c1-4-36-34(40)32(22-27-11-7-5-8-12-27)37(23-28-15-17-29(35)18-16-28)33(39)24-38(30-20-25(2)19-26(3)21-30)43(41,42)31-13-9-6-10-14-31/h5-21,32H,4,22-24H2,1-3H3,(H,36,40). The highest BCUT2D eigenvalue weighted by molar-refractivity contribution is 9.10. The molecule has 0 heterocycles. The average molecular weight is 663 g/mol. The van der Waals surface area contributed by atoms with Crippen LogP contribution in [-0.4, -0.2) is 44.3 Å². The van der Waals surface area contributed by atoms with Gasteiger partial charge in [-0.15, -0.1) is 0 Å². The number of aryl methyl sites for hydroxylation is 2. The Morgan fingerprint density at radius 3 is 1.98 bits per heavy atom. The maximum absolute atomic E-state index is 14.4. The second kappa shape index (κ2) is 14.5. The van der Waals surface area contributed by atoms with Gasteiger partial charge in [-0.1, -0.05) is 82.7 Å². The summed E-state index contributed by atoms with van der Waals surface area (Å²) in [5.41, 5.74) is 3.81. The minimum Gasteiger partial charge on any atom is -0.355 e. The van der Waals surface area contributed by atoms with Crippen molar-refractivity contribution < 1.29 is 18.0 Å². The molecule has 1 N–H and O–H groups in total. The highest BCUT2D eigenvalue weighted by atomic mass is 79.9. The van der Waals surface area contributed by atoms with Crippen molar-refractivity contribution >= 4 is 43.5 Å². The summed E-state index contributed by atoms with van der Waals surface area (Å²) < 4.78 is 30.2. The van der Waals surface area contributed by atoms with E-state index in [0.29, 0.717) is 12.2 Å². The van der Waals surface area contributed by atoms with E-state index in [-0.39, 0.29) is 23.8 Å². The Morgan fingerprint density at radius 2 is 1.40 bits per heavy atom. The lowest BCUT2D eigenvalue weighted by Gasteiger charge is -2.34. The largest absolute Gasteiger partial charge is 0.355 e. The number of likely N-dealkylation sites (N-methyl/N-ethyl adjacent to an activating group) is 1. The number of anilines is 1. The number of rotatable bonds is 12. The van der Waals surface area contributed by atoms with Crippen molar-refractivity contribution in [3.8, 4) is 0 Å². The van der Waals surface area contributed by atoms with Crippen molar-refractivity contribution in [3.05, 3.63) is 130 Å². The second-order valence-electron chi connectivity index (χ2n) is 10.4. The summed E-state index contributed by atoms with van der Waals surface area (Å²) in [6, 6.07) is 29.7. The van der Waals surface area contributed by atoms with Crippen LogP contribution < -0.4 is 9.62 Å². The molecule has 4 aromatic rings. The number of carbonyl (C=O) groups is 2. The van der Waals surface area contributed by atoms with Crippen molar-refractivity contribution in [3.63, 3.8) is 0 Å². The molecule has 43 heavy (non-hydrogen) atoms. The highest BCUT2D eigenvalue weighted by Gasteiger charge is 2.34. The summed E-state index contributed by atoms with van der Waals surface area (Å²) >= 11 is 3.45. The van der Waals surface area contributed by atoms with Gasteiger partial charge in [0.15, 0.2) is 0 Å². The van der Waals surface area contributed by atoms with Crippen LogP contribution in [0.4, 0.5) is 5.69 Å². The topological polar surface area (TPSA) is 86.8 Å². The van der Waals surface area contributed by atoms with Crippen molar-refractivity contribution in [2.75, 3.05) is 17.4 Å². The number of halogens is 1. The van der Waals surface area contributed by atoms with E-state index in [1.54, 1.807) is 30.3 Å². The number of benzene rings is 4. The van der Waals surface area contributed by atoms with Crippen molar-refractivity contribution in [2.24, 2.45) is 0 Å². The molecule has 7 nitrogen and oxygen atoms in total. The van der Waals surface area contributed by atoms with E-state index >= 15 is 0 Å². The zero-order chi connectivity index (χ0) is 31.0. The van der Waals surface area contributed by atoms with Gasteiger partial charge in [0.1, 0.15) is 12.6 Å². The summed E-state index contributed by atoms with van der Waals surface area (Å²) in [4.78, 5) is 29.5. The molecule has 1 unspecified atom stereocenters. The first-order chi connectivity index (χ1) is 20.6. The molecule has 1 atom stereocenters. The Kier molecular flexibility index (Phi) is 10.8. The molecular weight excluding hydrogens is 626 g/mol. The predicted molar refractivity (Wildman–Crippen MR) is 174 cm³/mol. The molecule has 4 rings (SSSR count). The Hall–Kier alpha value is -3.95. The number of hydrogen-bond acceptors (Lipinski definition) is 4. The summed E-state index contributed by atoms with van der Waals surface area (Å²) in [5.74, 6) is -0.797. The average Bonchev–Trinajstić information content (AvgIpc) is 2.99. The number of nitrogens with zero attached hydrogens (tertiary/aromatic N) is 2. The minimum absolute atomic E-state index is 0.0750. The van der Waals surface area contributed by atoms with E-state index in [0.717, 1.165) is 31.0 Å². The van der Waals surface area contributed by atoms with Crippen LogP contribution in [0.2, 0.25) is 0 Å². The summed E-state index contributed by atoms with van der Waals surface area (Å²) in [7, 11) is -4.13. The lowest BCUT2D eigenvalue weighted by molar-refractivity contribution is -0.140. The Labute approximate surface area is 262 Å². The molecule has 0 aromatic heterocycles.